The van der Waals surface area contributed by atoms with E-state index in [0.29, 0.717) is 22.6 Å². The second kappa shape index (κ2) is 6.72. The molecule has 0 unspecified atom stereocenters. The van der Waals surface area contributed by atoms with Crippen LogP contribution in [0, 0.1) is 11.6 Å². The predicted molar refractivity (Wildman–Crippen MR) is 86.5 cm³/mol. The molecule has 0 amide bonds. The fourth-order valence-corrected chi connectivity index (χ4v) is 2.26. The van der Waals surface area contributed by atoms with Crippen LogP contribution in [-0.4, -0.2) is 26.1 Å². The number of methoxy groups -OCH3 is 2. The minimum atomic E-state index is -1.01. The van der Waals surface area contributed by atoms with Crippen LogP contribution in [0.5, 0.6) is 11.5 Å². The van der Waals surface area contributed by atoms with Crippen molar-refractivity contribution in [1.82, 2.24) is 0 Å². The molecular weight excluding hydrogens is 332 g/mol. The number of hydrogen-bond acceptors (Lipinski definition) is 5. The third-order valence-corrected chi connectivity index (χ3v) is 3.50. The van der Waals surface area contributed by atoms with Crippen molar-refractivity contribution < 1.29 is 27.8 Å². The summed E-state index contributed by atoms with van der Waals surface area (Å²) >= 11 is 0. The van der Waals surface area contributed by atoms with Gasteiger partial charge in [-0.3, -0.25) is 0 Å². The van der Waals surface area contributed by atoms with Crippen molar-refractivity contribution in [3.8, 4) is 11.5 Å². The van der Waals surface area contributed by atoms with Crippen LogP contribution in [0.25, 0.3) is 6.08 Å². The van der Waals surface area contributed by atoms with E-state index in [1.807, 2.05) is 0 Å². The van der Waals surface area contributed by atoms with Gasteiger partial charge in [-0.25, -0.2) is 18.6 Å². The first-order valence-electron chi connectivity index (χ1n) is 7.22. The maximum Gasteiger partial charge on any atom is 0.363 e. The van der Waals surface area contributed by atoms with Crippen molar-refractivity contribution in [2.45, 2.75) is 0 Å². The van der Waals surface area contributed by atoms with Crippen LogP contribution in [0.2, 0.25) is 0 Å². The van der Waals surface area contributed by atoms with E-state index in [2.05, 4.69) is 4.99 Å². The zero-order chi connectivity index (χ0) is 18.0. The minimum Gasteiger partial charge on any atom is -0.493 e. The van der Waals surface area contributed by atoms with E-state index in [-0.39, 0.29) is 11.6 Å². The topological polar surface area (TPSA) is 57.1 Å². The van der Waals surface area contributed by atoms with E-state index < -0.39 is 17.6 Å². The van der Waals surface area contributed by atoms with Crippen LogP contribution < -0.4 is 9.47 Å². The predicted octanol–water partition coefficient (Wildman–Crippen LogP) is 3.33. The summed E-state index contributed by atoms with van der Waals surface area (Å²) in [6, 6.07) is 8.21. The maximum atomic E-state index is 13.3. The Hall–Kier alpha value is -3.22. The largest absolute Gasteiger partial charge is 0.493 e. The van der Waals surface area contributed by atoms with E-state index in [4.69, 9.17) is 14.2 Å². The van der Waals surface area contributed by atoms with E-state index in [9.17, 15) is 13.6 Å². The Morgan fingerprint density at radius 2 is 1.76 bits per heavy atom. The Labute approximate surface area is 142 Å². The van der Waals surface area contributed by atoms with Crippen molar-refractivity contribution >= 4 is 17.9 Å². The molecule has 0 fully saturated rings. The first-order valence-corrected chi connectivity index (χ1v) is 7.22. The highest BCUT2D eigenvalue weighted by molar-refractivity contribution is 6.13. The molecule has 3 rings (SSSR count). The lowest BCUT2D eigenvalue weighted by molar-refractivity contribution is -0.129. The van der Waals surface area contributed by atoms with Crippen LogP contribution in [0.4, 0.5) is 8.78 Å². The highest BCUT2D eigenvalue weighted by atomic mass is 19.2. The van der Waals surface area contributed by atoms with E-state index in [0.717, 1.165) is 12.1 Å². The quantitative estimate of drug-likeness (QED) is 0.630. The standard InChI is InChI=1S/C18H13F2NO4/c1-23-15-6-4-11(9-16(15)24-2)17-21-14(18(22)25-17)8-10-3-5-12(19)13(20)7-10/h3-9H,1-2H3/b14-8+. The third kappa shape index (κ3) is 3.35. The first kappa shape index (κ1) is 16.6. The molecule has 1 heterocycles. The maximum absolute atomic E-state index is 13.3. The molecule has 128 valence electrons. The smallest absolute Gasteiger partial charge is 0.363 e. The number of ether oxygens (including phenoxy) is 3. The Morgan fingerprint density at radius 3 is 2.44 bits per heavy atom. The van der Waals surface area contributed by atoms with Crippen molar-refractivity contribution in [3.05, 3.63) is 64.9 Å². The summed E-state index contributed by atoms with van der Waals surface area (Å²) in [4.78, 5) is 16.1. The van der Waals surface area contributed by atoms with Crippen molar-refractivity contribution in [2.24, 2.45) is 4.99 Å². The second-order valence-electron chi connectivity index (χ2n) is 5.08. The summed E-state index contributed by atoms with van der Waals surface area (Å²) in [6.45, 7) is 0. The number of hydrogen-bond donors (Lipinski definition) is 0. The van der Waals surface area contributed by atoms with Crippen molar-refractivity contribution in [3.63, 3.8) is 0 Å². The second-order valence-corrected chi connectivity index (χ2v) is 5.08. The monoisotopic (exact) mass is 345 g/mol. The lowest BCUT2D eigenvalue weighted by Crippen LogP contribution is -2.06. The highest BCUT2D eigenvalue weighted by Gasteiger charge is 2.25. The summed E-state index contributed by atoms with van der Waals surface area (Å²) < 4.78 is 41.7. The molecule has 0 saturated heterocycles. The van der Waals surface area contributed by atoms with Crippen LogP contribution in [0.15, 0.2) is 47.1 Å². The Bertz CT molecular complexity index is 906. The summed E-state index contributed by atoms with van der Waals surface area (Å²) in [6.07, 6.45) is 1.32. The average Bonchev–Trinajstić information content (AvgIpc) is 2.98. The Kier molecular flexibility index (Phi) is 4.47. The molecule has 2 aromatic rings. The van der Waals surface area contributed by atoms with Crippen LogP contribution in [0.3, 0.4) is 0 Å². The molecule has 5 nitrogen and oxygen atoms in total. The molecular formula is C18H13F2NO4. The van der Waals surface area contributed by atoms with Gasteiger partial charge in [0.1, 0.15) is 0 Å². The number of cyclic esters (lactones) is 1. The lowest BCUT2D eigenvalue weighted by Gasteiger charge is -2.08. The number of carbonyl (C=O) groups is 1. The summed E-state index contributed by atoms with van der Waals surface area (Å²) in [5.74, 6) is -1.60. The van der Waals surface area contributed by atoms with Crippen molar-refractivity contribution in [2.75, 3.05) is 14.2 Å². The van der Waals surface area contributed by atoms with Gasteiger partial charge in [0.2, 0.25) is 5.90 Å². The molecule has 0 radical (unpaired) electrons. The molecule has 1 aliphatic rings. The molecule has 0 saturated carbocycles. The van der Waals surface area contributed by atoms with Gasteiger partial charge in [0.05, 0.1) is 14.2 Å². The van der Waals surface area contributed by atoms with E-state index in [1.54, 1.807) is 18.2 Å². The number of esters is 1. The normalized spacial score (nSPS) is 15.1. The summed E-state index contributed by atoms with van der Waals surface area (Å²) in [7, 11) is 2.99. The van der Waals surface area contributed by atoms with Crippen LogP contribution in [0.1, 0.15) is 11.1 Å². The minimum absolute atomic E-state index is 0.0178. The van der Waals surface area contributed by atoms with Crippen LogP contribution in [-0.2, 0) is 9.53 Å². The number of nitrogens with zero attached hydrogens (tertiary/aromatic N) is 1. The lowest BCUT2D eigenvalue weighted by atomic mass is 10.2. The van der Waals surface area contributed by atoms with Gasteiger partial charge in [0, 0.05) is 5.56 Å². The van der Waals surface area contributed by atoms with Crippen molar-refractivity contribution in [1.29, 1.82) is 0 Å². The van der Waals surface area contributed by atoms with Crippen LogP contribution >= 0.6 is 0 Å². The van der Waals surface area contributed by atoms with Gasteiger partial charge in [-0.15, -0.1) is 0 Å². The third-order valence-electron chi connectivity index (χ3n) is 3.50. The number of carbonyl (C=O) groups excluding carboxylic acids is 1. The van der Waals surface area contributed by atoms with Gasteiger partial charge < -0.3 is 14.2 Å². The van der Waals surface area contributed by atoms with Gasteiger partial charge in [0.15, 0.2) is 28.8 Å². The molecule has 2 aromatic carbocycles. The molecule has 0 atom stereocenters. The number of halogens is 2. The molecule has 7 heteroatoms. The van der Waals surface area contributed by atoms with Gasteiger partial charge in [0.25, 0.3) is 0 Å². The highest BCUT2D eigenvalue weighted by Crippen LogP contribution is 2.29. The molecule has 0 aliphatic carbocycles. The molecule has 0 spiro atoms. The Balaban J connectivity index is 1.94. The molecule has 25 heavy (non-hydrogen) atoms. The number of benzene rings is 2. The van der Waals surface area contributed by atoms with Gasteiger partial charge in [-0.1, -0.05) is 6.07 Å². The van der Waals surface area contributed by atoms with E-state index in [1.165, 1.54) is 26.4 Å². The fraction of sp³-hybridized carbons (Fsp3) is 0.111. The number of aliphatic imine (C=N–C) groups is 1. The van der Waals surface area contributed by atoms with Gasteiger partial charge in [-0.2, -0.15) is 0 Å². The zero-order valence-electron chi connectivity index (χ0n) is 13.4. The summed E-state index contributed by atoms with van der Waals surface area (Å²) in [5, 5.41) is 0. The van der Waals surface area contributed by atoms with E-state index >= 15 is 0 Å². The van der Waals surface area contributed by atoms with Gasteiger partial charge >= 0.3 is 5.97 Å². The number of rotatable bonds is 4. The zero-order valence-corrected chi connectivity index (χ0v) is 13.4. The average molecular weight is 345 g/mol. The molecule has 0 N–H and O–H groups in total. The molecule has 0 bridgehead atoms. The molecule has 1 aliphatic heterocycles. The molecule has 0 aromatic heterocycles. The Morgan fingerprint density at radius 1 is 1.00 bits per heavy atom. The first-order chi connectivity index (χ1) is 12.0. The summed E-state index contributed by atoms with van der Waals surface area (Å²) in [5.41, 5.74) is 0.790. The van der Waals surface area contributed by atoms with Gasteiger partial charge in [-0.05, 0) is 42.0 Å². The SMILES string of the molecule is COc1ccc(C2=N/C(=C/c3ccc(F)c(F)c3)C(=O)O2)cc1OC. The fourth-order valence-electron chi connectivity index (χ4n) is 2.26.